The second-order valence-corrected chi connectivity index (χ2v) is 8.12. The van der Waals surface area contributed by atoms with E-state index in [1.54, 1.807) is 29.2 Å². The van der Waals surface area contributed by atoms with E-state index in [4.69, 9.17) is 26.8 Å². The molecule has 1 amide bonds. The lowest BCUT2D eigenvalue weighted by Crippen LogP contribution is -2.47. The van der Waals surface area contributed by atoms with Crippen LogP contribution in [0, 0.1) is 0 Å². The highest BCUT2D eigenvalue weighted by molar-refractivity contribution is 9.10. The molecule has 1 aliphatic heterocycles. The molecule has 1 unspecified atom stereocenters. The molecule has 30 heavy (non-hydrogen) atoms. The molecule has 0 spiro atoms. The number of carbonyl (C=O) groups is 2. The fourth-order valence-electron chi connectivity index (χ4n) is 3.36. The number of nitrogens with two attached hydrogens (primary N) is 1. The summed E-state index contributed by atoms with van der Waals surface area (Å²) in [7, 11) is 0. The topological polar surface area (TPSA) is 81.9 Å². The third kappa shape index (κ3) is 5.22. The summed E-state index contributed by atoms with van der Waals surface area (Å²) in [5, 5.41) is 0.554. The lowest BCUT2D eigenvalue weighted by Gasteiger charge is -2.32. The number of fused-ring (bicyclic) bond motifs is 1. The van der Waals surface area contributed by atoms with Crippen LogP contribution in [0.4, 0.5) is 10.5 Å². The maximum absolute atomic E-state index is 13.1. The van der Waals surface area contributed by atoms with Crippen molar-refractivity contribution in [2.24, 2.45) is 5.73 Å². The highest BCUT2D eigenvalue weighted by atomic mass is 79.9. The zero-order valence-corrected chi connectivity index (χ0v) is 18.6. The highest BCUT2D eigenvalue weighted by Gasteiger charge is 2.28. The van der Waals surface area contributed by atoms with Crippen LogP contribution in [0.1, 0.15) is 17.5 Å². The summed E-state index contributed by atoms with van der Waals surface area (Å²) >= 11 is 9.81. The number of ether oxygens (including phenoxy) is 2. The number of carbonyl (C=O) groups excluding carboxylic acids is 2. The minimum absolute atomic E-state index is 0.0682. The molecule has 3 rings (SSSR count). The van der Waals surface area contributed by atoms with Gasteiger partial charge in [-0.1, -0.05) is 58.4 Å². The Morgan fingerprint density at radius 2 is 2.13 bits per heavy atom. The zero-order chi connectivity index (χ0) is 21.7. The van der Waals surface area contributed by atoms with E-state index in [-0.39, 0.29) is 12.5 Å². The second-order valence-electron chi connectivity index (χ2n) is 6.86. The summed E-state index contributed by atoms with van der Waals surface area (Å²) in [6, 6.07) is 9.93. The number of hydrogen-bond donors (Lipinski definition) is 1. The Labute approximate surface area is 188 Å². The Hall–Kier alpha value is -2.35. The molecule has 8 heteroatoms. The molecule has 0 saturated heterocycles. The SMILES string of the molecule is C=CCOC(=O)Oc1ccc(CC(N)C(=O)N2CCCc3cccc(Cl)c32)c(Br)c1. The second kappa shape index (κ2) is 10.1. The number of nitrogens with zero attached hydrogens (tertiary/aromatic N) is 1. The summed E-state index contributed by atoms with van der Waals surface area (Å²) in [6.45, 7) is 4.12. The van der Waals surface area contributed by atoms with Gasteiger partial charge in [-0.2, -0.15) is 0 Å². The molecule has 0 fully saturated rings. The number of para-hydroxylation sites is 1. The van der Waals surface area contributed by atoms with Crippen LogP contribution >= 0.6 is 27.5 Å². The standard InChI is InChI=1S/C22H22BrClN2O4/c1-2-11-29-22(28)30-16-9-8-15(17(23)13-16)12-19(25)21(27)26-10-4-6-14-5-3-7-18(24)20(14)26/h2-3,5,7-9,13,19H,1,4,6,10-12,25H2. The Balaban J connectivity index is 1.69. The van der Waals surface area contributed by atoms with Crippen molar-refractivity contribution in [3.05, 3.63) is 69.7 Å². The number of benzene rings is 2. The molecule has 1 atom stereocenters. The summed E-state index contributed by atoms with van der Waals surface area (Å²) in [4.78, 5) is 26.3. The molecule has 2 N–H and O–H groups in total. The Kier molecular flexibility index (Phi) is 7.53. The van der Waals surface area contributed by atoms with Crippen LogP contribution in [0.15, 0.2) is 53.5 Å². The molecule has 1 heterocycles. The lowest BCUT2D eigenvalue weighted by molar-refractivity contribution is -0.119. The van der Waals surface area contributed by atoms with E-state index in [0.717, 1.165) is 29.7 Å². The smallest absolute Gasteiger partial charge is 0.430 e. The van der Waals surface area contributed by atoms with Crippen LogP contribution in [0.25, 0.3) is 0 Å². The lowest BCUT2D eigenvalue weighted by atomic mass is 9.99. The van der Waals surface area contributed by atoms with Gasteiger partial charge in [-0.15, -0.1) is 0 Å². The molecule has 158 valence electrons. The molecular weight excluding hydrogens is 472 g/mol. The molecule has 6 nitrogen and oxygen atoms in total. The van der Waals surface area contributed by atoms with Gasteiger partial charge in [-0.25, -0.2) is 4.79 Å². The predicted octanol–water partition coefficient (Wildman–Crippen LogP) is 4.65. The van der Waals surface area contributed by atoms with E-state index >= 15 is 0 Å². The molecule has 0 aliphatic carbocycles. The van der Waals surface area contributed by atoms with Crippen molar-refractivity contribution in [1.29, 1.82) is 0 Å². The van der Waals surface area contributed by atoms with Crippen LogP contribution in [-0.2, 0) is 22.4 Å². The largest absolute Gasteiger partial charge is 0.514 e. The molecule has 1 aliphatic rings. The van der Waals surface area contributed by atoms with Gasteiger partial charge in [0.25, 0.3) is 0 Å². The molecule has 2 aromatic carbocycles. The molecule has 0 saturated carbocycles. The van der Waals surface area contributed by atoms with Gasteiger partial charge < -0.3 is 20.1 Å². The van der Waals surface area contributed by atoms with Crippen molar-refractivity contribution in [2.75, 3.05) is 18.1 Å². The van der Waals surface area contributed by atoms with Crippen molar-refractivity contribution >= 4 is 45.3 Å². The number of halogens is 2. The number of aryl methyl sites for hydroxylation is 1. The summed E-state index contributed by atoms with van der Waals surface area (Å²) in [5.41, 5.74) is 8.89. The van der Waals surface area contributed by atoms with Gasteiger partial charge in [-0.3, -0.25) is 4.79 Å². The van der Waals surface area contributed by atoms with Gasteiger partial charge in [0, 0.05) is 11.0 Å². The Morgan fingerprint density at radius 3 is 2.87 bits per heavy atom. The van der Waals surface area contributed by atoms with Crippen LogP contribution in [0.2, 0.25) is 5.02 Å². The van der Waals surface area contributed by atoms with E-state index in [0.29, 0.717) is 28.2 Å². The first-order chi connectivity index (χ1) is 14.4. The van der Waals surface area contributed by atoms with Gasteiger partial charge in [0.15, 0.2) is 0 Å². The van der Waals surface area contributed by atoms with E-state index < -0.39 is 12.2 Å². The average Bonchev–Trinajstić information content (AvgIpc) is 2.73. The molecular formula is C22H22BrClN2O4. The monoisotopic (exact) mass is 492 g/mol. The van der Waals surface area contributed by atoms with Crippen molar-refractivity contribution in [1.82, 2.24) is 0 Å². The minimum Gasteiger partial charge on any atom is -0.430 e. The minimum atomic E-state index is -0.818. The first-order valence-corrected chi connectivity index (χ1v) is 10.7. The molecule has 0 aromatic heterocycles. The third-order valence-corrected chi connectivity index (χ3v) is 5.78. The van der Waals surface area contributed by atoms with E-state index in [9.17, 15) is 9.59 Å². The van der Waals surface area contributed by atoms with E-state index in [1.165, 1.54) is 6.08 Å². The predicted molar refractivity (Wildman–Crippen MR) is 120 cm³/mol. The van der Waals surface area contributed by atoms with Crippen LogP contribution in [0.3, 0.4) is 0 Å². The molecule has 2 aromatic rings. The summed E-state index contributed by atoms with van der Waals surface area (Å²) in [6.07, 6.45) is 2.70. The zero-order valence-electron chi connectivity index (χ0n) is 16.3. The first kappa shape index (κ1) is 22.3. The van der Waals surface area contributed by atoms with Gasteiger partial charge in [0.2, 0.25) is 5.91 Å². The summed E-state index contributed by atoms with van der Waals surface area (Å²) < 4.78 is 10.6. The summed E-state index contributed by atoms with van der Waals surface area (Å²) in [5.74, 6) is 0.139. The number of amides is 1. The maximum Gasteiger partial charge on any atom is 0.514 e. The Morgan fingerprint density at radius 1 is 1.33 bits per heavy atom. The van der Waals surface area contributed by atoms with Gasteiger partial charge in [-0.05, 0) is 48.6 Å². The van der Waals surface area contributed by atoms with E-state index in [1.807, 2.05) is 12.1 Å². The van der Waals surface area contributed by atoms with Gasteiger partial charge in [0.05, 0.1) is 16.8 Å². The van der Waals surface area contributed by atoms with E-state index in [2.05, 4.69) is 22.5 Å². The van der Waals surface area contributed by atoms with Crippen molar-refractivity contribution < 1.29 is 19.1 Å². The molecule has 0 radical (unpaired) electrons. The average molecular weight is 494 g/mol. The third-order valence-electron chi connectivity index (χ3n) is 4.74. The van der Waals surface area contributed by atoms with Crippen LogP contribution in [0.5, 0.6) is 5.75 Å². The van der Waals surface area contributed by atoms with Gasteiger partial charge in [0.1, 0.15) is 12.4 Å². The first-order valence-electron chi connectivity index (χ1n) is 9.49. The number of rotatable bonds is 6. The Bertz CT molecular complexity index is 966. The maximum atomic E-state index is 13.1. The van der Waals surface area contributed by atoms with Crippen LogP contribution in [-0.4, -0.2) is 31.3 Å². The fourth-order valence-corrected chi connectivity index (χ4v) is 4.17. The van der Waals surface area contributed by atoms with Crippen molar-refractivity contribution in [3.8, 4) is 5.75 Å². The number of anilines is 1. The number of hydrogen-bond acceptors (Lipinski definition) is 5. The van der Waals surface area contributed by atoms with Gasteiger partial charge >= 0.3 is 6.16 Å². The highest BCUT2D eigenvalue weighted by Crippen LogP contribution is 2.34. The van der Waals surface area contributed by atoms with Crippen molar-refractivity contribution in [3.63, 3.8) is 0 Å². The van der Waals surface area contributed by atoms with Crippen LogP contribution < -0.4 is 15.4 Å². The quantitative estimate of drug-likeness (QED) is 0.360. The normalized spacial score (nSPS) is 13.9. The van der Waals surface area contributed by atoms with Crippen molar-refractivity contribution in [2.45, 2.75) is 25.3 Å². The fraction of sp³-hybridized carbons (Fsp3) is 0.273. The molecule has 0 bridgehead atoms.